The van der Waals surface area contributed by atoms with Gasteiger partial charge in [-0.15, -0.1) is 0 Å². The molecule has 0 spiro atoms. The molecule has 40 heavy (non-hydrogen) atoms. The molecule has 1 saturated heterocycles. The third-order valence-electron chi connectivity index (χ3n) is 6.34. The quantitative estimate of drug-likeness (QED) is 0.195. The van der Waals surface area contributed by atoms with Gasteiger partial charge in [-0.25, -0.2) is 4.79 Å². The van der Waals surface area contributed by atoms with Crippen LogP contribution in [-0.2, 0) is 28.5 Å². The number of aromatic amines is 1. The van der Waals surface area contributed by atoms with Gasteiger partial charge in [-0.05, 0) is 36.8 Å². The molecule has 0 bridgehead atoms. The highest BCUT2D eigenvalue weighted by Crippen LogP contribution is 2.34. The van der Waals surface area contributed by atoms with E-state index in [0.717, 1.165) is 32.9 Å². The molecule has 0 radical (unpaired) electrons. The van der Waals surface area contributed by atoms with Crippen LogP contribution in [-0.4, -0.2) is 86.7 Å². The average Bonchev–Trinajstić information content (AvgIpc) is 3.22. The van der Waals surface area contributed by atoms with Gasteiger partial charge in [-0.1, -0.05) is 15.9 Å². The lowest BCUT2D eigenvalue weighted by atomic mass is 10.0. The van der Waals surface area contributed by atoms with Gasteiger partial charge in [0.1, 0.15) is 30.5 Å². The van der Waals surface area contributed by atoms with Crippen LogP contribution in [0.25, 0.3) is 0 Å². The molecular formula is C24H27BrN4O11. The van der Waals surface area contributed by atoms with Gasteiger partial charge >= 0.3 is 5.69 Å². The second-order valence-electron chi connectivity index (χ2n) is 9.08. The van der Waals surface area contributed by atoms with Crippen molar-refractivity contribution in [3.05, 3.63) is 73.2 Å². The molecule has 15 nitrogen and oxygen atoms in total. The van der Waals surface area contributed by atoms with E-state index in [1.54, 1.807) is 18.2 Å². The van der Waals surface area contributed by atoms with E-state index in [4.69, 9.17) is 24.7 Å². The van der Waals surface area contributed by atoms with Crippen molar-refractivity contribution in [3.63, 3.8) is 0 Å². The van der Waals surface area contributed by atoms with Crippen LogP contribution < -0.4 is 22.3 Å². The predicted molar refractivity (Wildman–Crippen MR) is 139 cm³/mol. The number of ether oxygens (including phenoxy) is 4. The summed E-state index contributed by atoms with van der Waals surface area (Å²) < 4.78 is 23.8. The number of amides is 2. The van der Waals surface area contributed by atoms with E-state index >= 15 is 0 Å². The molecule has 3 heterocycles. The SMILES string of the molecule is CO[C@H]1[C@@H](O)[C@H](n2ccc(=O)[nH]c2=O)O[C@@H]1C(O[C@H]1OC(C(=O)Nc2ccc(Br)c(C)c2)=C[C@H](O)[C@@H]1O)C(N)=O. The number of hydrogen-bond acceptors (Lipinski definition) is 11. The number of carbonyl (C=O) groups is 2. The van der Waals surface area contributed by atoms with Gasteiger partial charge in [0.15, 0.2) is 18.1 Å². The summed E-state index contributed by atoms with van der Waals surface area (Å²) in [7, 11) is 1.20. The Hall–Kier alpha value is -3.38. The van der Waals surface area contributed by atoms with Crippen molar-refractivity contribution in [1.82, 2.24) is 9.55 Å². The molecule has 2 aliphatic rings. The predicted octanol–water partition coefficient (Wildman–Crippen LogP) is -1.65. The largest absolute Gasteiger partial charge is 0.456 e. The Morgan fingerprint density at radius 1 is 1.20 bits per heavy atom. The molecule has 8 atom stereocenters. The number of H-pyrrole nitrogens is 1. The van der Waals surface area contributed by atoms with Crippen molar-refractivity contribution in [3.8, 4) is 0 Å². The van der Waals surface area contributed by atoms with Crippen molar-refractivity contribution >= 4 is 33.4 Å². The number of halogens is 1. The van der Waals surface area contributed by atoms with E-state index in [9.17, 15) is 34.5 Å². The van der Waals surface area contributed by atoms with Gasteiger partial charge in [-0.3, -0.25) is 23.9 Å². The fraction of sp³-hybridized carbons (Fsp3) is 0.417. The van der Waals surface area contributed by atoms with E-state index < -0.39 is 78.0 Å². The van der Waals surface area contributed by atoms with E-state index in [1.165, 1.54) is 7.11 Å². The highest BCUT2D eigenvalue weighted by atomic mass is 79.9. The molecule has 16 heteroatoms. The molecule has 7 N–H and O–H groups in total. The van der Waals surface area contributed by atoms with Gasteiger partial charge in [0.2, 0.25) is 12.2 Å². The van der Waals surface area contributed by atoms with E-state index in [1.807, 2.05) is 11.9 Å². The number of rotatable bonds is 8. The van der Waals surface area contributed by atoms with Crippen LogP contribution in [0.5, 0.6) is 0 Å². The summed E-state index contributed by atoms with van der Waals surface area (Å²) in [5.41, 5.74) is 5.21. The lowest BCUT2D eigenvalue weighted by molar-refractivity contribution is -0.241. The monoisotopic (exact) mass is 626 g/mol. The summed E-state index contributed by atoms with van der Waals surface area (Å²) in [5, 5.41) is 34.3. The number of nitrogens with zero attached hydrogens (tertiary/aromatic N) is 1. The Bertz CT molecular complexity index is 1430. The molecule has 2 aromatic rings. The minimum absolute atomic E-state index is 0.417. The van der Waals surface area contributed by atoms with Gasteiger partial charge in [0.25, 0.3) is 11.5 Å². The van der Waals surface area contributed by atoms with Crippen molar-refractivity contribution < 1.29 is 43.9 Å². The summed E-state index contributed by atoms with van der Waals surface area (Å²) in [6, 6.07) is 6.06. The highest BCUT2D eigenvalue weighted by Gasteiger charge is 2.52. The maximum atomic E-state index is 12.8. The van der Waals surface area contributed by atoms with Crippen molar-refractivity contribution in [2.75, 3.05) is 12.4 Å². The van der Waals surface area contributed by atoms with Gasteiger partial charge in [0.05, 0.1) is 0 Å². The smallest absolute Gasteiger partial charge is 0.330 e. The minimum atomic E-state index is -1.79. The minimum Gasteiger partial charge on any atom is -0.456 e. The first-order valence-corrected chi connectivity index (χ1v) is 12.6. The molecule has 1 unspecified atom stereocenters. The number of carbonyl (C=O) groups excluding carboxylic acids is 2. The number of aliphatic hydroxyl groups excluding tert-OH is 3. The van der Waals surface area contributed by atoms with E-state index in [0.29, 0.717) is 5.69 Å². The zero-order valence-electron chi connectivity index (χ0n) is 21.1. The number of benzene rings is 1. The van der Waals surface area contributed by atoms with Crippen molar-refractivity contribution in [1.29, 1.82) is 0 Å². The molecule has 2 amide bonds. The number of primary amides is 1. The van der Waals surface area contributed by atoms with Crippen LogP contribution in [0.4, 0.5) is 5.69 Å². The van der Waals surface area contributed by atoms with Crippen LogP contribution in [0.1, 0.15) is 11.8 Å². The maximum absolute atomic E-state index is 12.8. The third-order valence-corrected chi connectivity index (χ3v) is 7.23. The Morgan fingerprint density at radius 3 is 2.55 bits per heavy atom. The van der Waals surface area contributed by atoms with Crippen molar-refractivity contribution in [2.45, 2.75) is 56.1 Å². The normalized spacial score (nSPS) is 28.9. The number of aryl methyl sites for hydroxylation is 1. The first-order chi connectivity index (χ1) is 18.9. The molecule has 1 fully saturated rings. The summed E-state index contributed by atoms with van der Waals surface area (Å²) in [6.07, 6.45) is -10.6. The highest BCUT2D eigenvalue weighted by molar-refractivity contribution is 9.10. The molecular weight excluding hydrogens is 600 g/mol. The Balaban J connectivity index is 1.54. The molecule has 2 aliphatic heterocycles. The second kappa shape index (κ2) is 12.0. The number of anilines is 1. The average molecular weight is 627 g/mol. The van der Waals surface area contributed by atoms with Crippen molar-refractivity contribution in [2.24, 2.45) is 5.73 Å². The number of aromatic nitrogens is 2. The third kappa shape index (κ3) is 6.02. The molecule has 1 aromatic carbocycles. The standard InChI is InChI=1S/C24H27BrN4O11/c1-9-7-10(3-4-11(9)25)27-21(35)13-8-12(30)15(32)23(38-13)40-19(20(26)34)18-17(37-2)16(33)22(39-18)29-6-5-14(31)28-24(29)36/h3-8,12,15-19,22-23,30,32-33H,1-2H3,(H2,26,34)(H,27,35)(H,28,31,36)/t12-,15-,16+,17-,18-,19?,22+,23+/m0/s1. The number of hydrogen-bond donors (Lipinski definition) is 6. The van der Waals surface area contributed by atoms with E-state index in [-0.39, 0.29) is 0 Å². The van der Waals surface area contributed by atoms with Gasteiger partial charge < -0.3 is 45.3 Å². The molecule has 4 rings (SSSR count). The van der Waals surface area contributed by atoms with Crippen LogP contribution in [0.2, 0.25) is 0 Å². The summed E-state index contributed by atoms with van der Waals surface area (Å²) in [4.78, 5) is 51.0. The molecule has 0 aliphatic carbocycles. The van der Waals surface area contributed by atoms with E-state index in [2.05, 4.69) is 21.2 Å². The van der Waals surface area contributed by atoms with Gasteiger partial charge in [0, 0.05) is 29.5 Å². The molecule has 216 valence electrons. The Labute approximate surface area is 234 Å². The van der Waals surface area contributed by atoms with Crippen LogP contribution >= 0.6 is 15.9 Å². The number of aliphatic hydroxyl groups is 3. The number of nitrogens with one attached hydrogen (secondary N) is 2. The second-order valence-corrected chi connectivity index (χ2v) is 9.93. The first-order valence-electron chi connectivity index (χ1n) is 11.9. The maximum Gasteiger partial charge on any atom is 0.330 e. The fourth-order valence-electron chi connectivity index (χ4n) is 4.30. The Kier molecular flexibility index (Phi) is 8.89. The fourth-order valence-corrected chi connectivity index (χ4v) is 4.55. The first kappa shape index (κ1) is 29.6. The lowest BCUT2D eigenvalue weighted by Crippen LogP contribution is -2.53. The summed E-state index contributed by atoms with van der Waals surface area (Å²) in [6.45, 7) is 1.82. The van der Waals surface area contributed by atoms with Crippen LogP contribution in [0.3, 0.4) is 0 Å². The van der Waals surface area contributed by atoms with Crippen LogP contribution in [0.15, 0.2) is 56.4 Å². The number of nitrogens with two attached hydrogens (primary N) is 1. The zero-order chi connectivity index (χ0) is 29.3. The zero-order valence-corrected chi connectivity index (χ0v) is 22.7. The van der Waals surface area contributed by atoms with Crippen LogP contribution in [0, 0.1) is 6.92 Å². The molecule has 0 saturated carbocycles. The van der Waals surface area contributed by atoms with Gasteiger partial charge in [-0.2, -0.15) is 0 Å². The lowest BCUT2D eigenvalue weighted by Gasteiger charge is -2.35. The summed E-state index contributed by atoms with van der Waals surface area (Å²) >= 11 is 3.36. The molecule has 1 aromatic heterocycles. The topological polar surface area (TPSA) is 225 Å². The number of methoxy groups -OCH3 is 1. The summed E-state index contributed by atoms with van der Waals surface area (Å²) in [5.74, 6) is -2.33. The Morgan fingerprint density at radius 2 is 1.93 bits per heavy atom.